The number of amides is 1. The molecule has 0 fully saturated rings. The Morgan fingerprint density at radius 1 is 1.75 bits per heavy atom. The topological polar surface area (TPSA) is 55.1 Å². The van der Waals surface area contributed by atoms with Gasteiger partial charge in [0.1, 0.15) is 0 Å². The molecule has 0 aliphatic carbocycles. The number of hydrogen-bond acceptors (Lipinski definition) is 2. The Morgan fingerprint density at radius 3 is 2.92 bits per heavy atom. The number of terminal acetylenes is 1. The monoisotopic (exact) mass is 168 g/mol. The van der Waals surface area contributed by atoms with Crippen molar-refractivity contribution in [3.63, 3.8) is 0 Å². The van der Waals surface area contributed by atoms with Crippen LogP contribution >= 0.6 is 0 Å². The van der Waals surface area contributed by atoms with E-state index in [1.54, 1.807) is 0 Å². The summed E-state index contributed by atoms with van der Waals surface area (Å²) in [5.74, 6) is 2.27. The molecule has 0 saturated heterocycles. The molecular formula is C9H16N2O. The van der Waals surface area contributed by atoms with Gasteiger partial charge in [0.2, 0.25) is 5.91 Å². The predicted molar refractivity (Wildman–Crippen MR) is 49.3 cm³/mol. The fourth-order valence-electron chi connectivity index (χ4n) is 0.933. The molecule has 1 unspecified atom stereocenters. The van der Waals surface area contributed by atoms with Gasteiger partial charge in [0.25, 0.3) is 0 Å². The Hall–Kier alpha value is -1.01. The number of carbonyl (C=O) groups excluding carboxylic acids is 1. The van der Waals surface area contributed by atoms with E-state index >= 15 is 0 Å². The molecule has 0 radical (unpaired) electrons. The third kappa shape index (κ3) is 5.75. The SMILES string of the molecule is C#CCNC(=O)CC(N)CCC. The summed E-state index contributed by atoms with van der Waals surface area (Å²) in [5.41, 5.74) is 5.64. The maximum absolute atomic E-state index is 11.0. The summed E-state index contributed by atoms with van der Waals surface area (Å²) in [4.78, 5) is 11.0. The van der Waals surface area contributed by atoms with Crippen LogP contribution in [0.5, 0.6) is 0 Å². The fourth-order valence-corrected chi connectivity index (χ4v) is 0.933. The van der Waals surface area contributed by atoms with Gasteiger partial charge in [-0.05, 0) is 6.42 Å². The molecule has 12 heavy (non-hydrogen) atoms. The average molecular weight is 168 g/mol. The Balaban J connectivity index is 3.48. The second-order valence-electron chi connectivity index (χ2n) is 2.73. The van der Waals surface area contributed by atoms with Crippen molar-refractivity contribution in [2.24, 2.45) is 5.73 Å². The lowest BCUT2D eigenvalue weighted by molar-refractivity contribution is -0.121. The number of nitrogens with one attached hydrogen (secondary N) is 1. The molecule has 3 N–H and O–H groups in total. The Bertz CT molecular complexity index is 172. The Labute approximate surface area is 73.7 Å². The summed E-state index contributed by atoms with van der Waals surface area (Å²) < 4.78 is 0. The predicted octanol–water partition coefficient (Wildman–Crippen LogP) is 0.253. The third-order valence-corrected chi connectivity index (χ3v) is 1.49. The van der Waals surface area contributed by atoms with Crippen LogP contribution in [0.15, 0.2) is 0 Å². The van der Waals surface area contributed by atoms with Gasteiger partial charge in [-0.15, -0.1) is 6.42 Å². The molecule has 0 aliphatic heterocycles. The molecule has 0 aromatic rings. The number of rotatable bonds is 5. The molecule has 0 aromatic heterocycles. The summed E-state index contributed by atoms with van der Waals surface area (Å²) in [5, 5.41) is 2.57. The van der Waals surface area contributed by atoms with E-state index in [0.29, 0.717) is 6.42 Å². The minimum atomic E-state index is -0.0612. The van der Waals surface area contributed by atoms with Crippen molar-refractivity contribution in [3.05, 3.63) is 0 Å². The molecular weight excluding hydrogens is 152 g/mol. The fraction of sp³-hybridized carbons (Fsp3) is 0.667. The summed E-state index contributed by atoms with van der Waals surface area (Å²) in [6.07, 6.45) is 7.22. The smallest absolute Gasteiger partial charge is 0.222 e. The second kappa shape index (κ2) is 6.68. The number of hydrogen-bond donors (Lipinski definition) is 2. The molecule has 0 aliphatic rings. The van der Waals surface area contributed by atoms with E-state index in [9.17, 15) is 4.79 Å². The van der Waals surface area contributed by atoms with Gasteiger partial charge in [0, 0.05) is 12.5 Å². The van der Waals surface area contributed by atoms with Gasteiger partial charge in [-0.3, -0.25) is 4.79 Å². The lowest BCUT2D eigenvalue weighted by Gasteiger charge is -2.08. The molecule has 1 amide bonds. The first kappa shape index (κ1) is 11.0. The standard InChI is InChI=1S/C9H16N2O/c1-3-5-8(10)7-9(12)11-6-4-2/h2,8H,3,5-7,10H2,1H3,(H,11,12). The van der Waals surface area contributed by atoms with E-state index in [-0.39, 0.29) is 18.5 Å². The first-order valence-electron chi connectivity index (χ1n) is 4.16. The van der Waals surface area contributed by atoms with Crippen molar-refractivity contribution < 1.29 is 4.79 Å². The molecule has 0 heterocycles. The molecule has 0 saturated carbocycles. The minimum absolute atomic E-state index is 0.0345. The zero-order valence-corrected chi connectivity index (χ0v) is 7.47. The van der Waals surface area contributed by atoms with E-state index in [2.05, 4.69) is 11.2 Å². The zero-order chi connectivity index (χ0) is 9.40. The Kier molecular flexibility index (Phi) is 6.12. The summed E-state index contributed by atoms with van der Waals surface area (Å²) in [7, 11) is 0. The summed E-state index contributed by atoms with van der Waals surface area (Å²) in [6.45, 7) is 2.33. The van der Waals surface area contributed by atoms with Gasteiger partial charge in [-0.1, -0.05) is 19.3 Å². The minimum Gasteiger partial charge on any atom is -0.345 e. The van der Waals surface area contributed by atoms with Gasteiger partial charge in [-0.25, -0.2) is 0 Å². The van der Waals surface area contributed by atoms with E-state index in [1.165, 1.54) is 0 Å². The van der Waals surface area contributed by atoms with Crippen LogP contribution in [-0.4, -0.2) is 18.5 Å². The lowest BCUT2D eigenvalue weighted by atomic mass is 10.1. The van der Waals surface area contributed by atoms with E-state index in [1.807, 2.05) is 6.92 Å². The van der Waals surface area contributed by atoms with E-state index < -0.39 is 0 Å². The molecule has 3 heteroatoms. The quantitative estimate of drug-likeness (QED) is 0.578. The molecule has 0 bridgehead atoms. The average Bonchev–Trinajstić information content (AvgIpc) is 2.01. The highest BCUT2D eigenvalue weighted by atomic mass is 16.1. The largest absolute Gasteiger partial charge is 0.345 e. The Morgan fingerprint density at radius 2 is 2.42 bits per heavy atom. The number of carbonyl (C=O) groups is 1. The first-order chi connectivity index (χ1) is 5.70. The molecule has 0 rings (SSSR count). The van der Waals surface area contributed by atoms with Gasteiger partial charge >= 0.3 is 0 Å². The summed E-state index contributed by atoms with van der Waals surface area (Å²) >= 11 is 0. The van der Waals surface area contributed by atoms with Crippen LogP contribution in [0.2, 0.25) is 0 Å². The molecule has 1 atom stereocenters. The van der Waals surface area contributed by atoms with Crippen molar-refractivity contribution in [2.75, 3.05) is 6.54 Å². The second-order valence-corrected chi connectivity index (χ2v) is 2.73. The maximum Gasteiger partial charge on any atom is 0.222 e. The molecule has 3 nitrogen and oxygen atoms in total. The van der Waals surface area contributed by atoms with Crippen molar-refractivity contribution in [1.29, 1.82) is 0 Å². The van der Waals surface area contributed by atoms with Crippen LogP contribution in [0.25, 0.3) is 0 Å². The molecule has 0 spiro atoms. The first-order valence-corrected chi connectivity index (χ1v) is 4.16. The van der Waals surface area contributed by atoms with Gasteiger partial charge < -0.3 is 11.1 Å². The third-order valence-electron chi connectivity index (χ3n) is 1.49. The van der Waals surface area contributed by atoms with Gasteiger partial charge in [0.05, 0.1) is 6.54 Å². The van der Waals surface area contributed by atoms with Gasteiger partial charge in [-0.2, -0.15) is 0 Å². The highest BCUT2D eigenvalue weighted by Crippen LogP contribution is 1.97. The van der Waals surface area contributed by atoms with Crippen LogP contribution in [0.4, 0.5) is 0 Å². The molecule has 68 valence electrons. The highest BCUT2D eigenvalue weighted by Gasteiger charge is 2.06. The van der Waals surface area contributed by atoms with Crippen molar-refractivity contribution >= 4 is 5.91 Å². The normalized spacial score (nSPS) is 11.8. The lowest BCUT2D eigenvalue weighted by Crippen LogP contribution is -2.31. The van der Waals surface area contributed by atoms with Crippen molar-refractivity contribution in [3.8, 4) is 12.3 Å². The van der Waals surface area contributed by atoms with Gasteiger partial charge in [0.15, 0.2) is 0 Å². The van der Waals surface area contributed by atoms with E-state index in [4.69, 9.17) is 12.2 Å². The van der Waals surface area contributed by atoms with E-state index in [0.717, 1.165) is 12.8 Å². The van der Waals surface area contributed by atoms with Crippen LogP contribution in [0, 0.1) is 12.3 Å². The van der Waals surface area contributed by atoms with Crippen LogP contribution in [-0.2, 0) is 4.79 Å². The van der Waals surface area contributed by atoms with Crippen LogP contribution in [0.3, 0.4) is 0 Å². The van der Waals surface area contributed by atoms with Crippen LogP contribution < -0.4 is 11.1 Å². The van der Waals surface area contributed by atoms with Crippen LogP contribution in [0.1, 0.15) is 26.2 Å². The summed E-state index contributed by atoms with van der Waals surface area (Å²) in [6, 6.07) is -0.0345. The molecule has 0 aromatic carbocycles. The number of nitrogens with two attached hydrogens (primary N) is 1. The maximum atomic E-state index is 11.0. The zero-order valence-electron chi connectivity index (χ0n) is 7.47. The highest BCUT2D eigenvalue weighted by molar-refractivity contribution is 5.76. The van der Waals surface area contributed by atoms with Crippen molar-refractivity contribution in [1.82, 2.24) is 5.32 Å². The van der Waals surface area contributed by atoms with Crippen molar-refractivity contribution in [2.45, 2.75) is 32.2 Å².